The highest BCUT2D eigenvalue weighted by molar-refractivity contribution is 7.92. The molecule has 0 aliphatic carbocycles. The summed E-state index contributed by atoms with van der Waals surface area (Å²) in [5.74, 6) is 0.180. The molecule has 0 spiro atoms. The number of methoxy groups -OCH3 is 1. The maximum absolute atomic E-state index is 13.4. The van der Waals surface area contributed by atoms with Crippen LogP contribution in [0.25, 0.3) is 0 Å². The lowest BCUT2D eigenvalue weighted by Gasteiger charge is -2.24. The summed E-state index contributed by atoms with van der Waals surface area (Å²) in [6, 6.07) is 16.7. The van der Waals surface area contributed by atoms with Crippen molar-refractivity contribution in [3.05, 3.63) is 84.2 Å². The quantitative estimate of drug-likeness (QED) is 0.600. The average molecular weight is 426 g/mol. The molecular formula is C22H23N3O4S. The van der Waals surface area contributed by atoms with E-state index in [-0.39, 0.29) is 18.0 Å². The molecule has 3 rings (SSSR count). The summed E-state index contributed by atoms with van der Waals surface area (Å²) in [5.41, 5.74) is 1.97. The molecule has 0 unspecified atom stereocenters. The van der Waals surface area contributed by atoms with Crippen molar-refractivity contribution in [2.45, 2.75) is 18.4 Å². The van der Waals surface area contributed by atoms with Gasteiger partial charge in [0.25, 0.3) is 10.0 Å². The molecule has 0 fully saturated rings. The van der Waals surface area contributed by atoms with E-state index in [4.69, 9.17) is 4.74 Å². The van der Waals surface area contributed by atoms with Gasteiger partial charge in [-0.05, 0) is 60.5 Å². The van der Waals surface area contributed by atoms with Crippen LogP contribution in [0.5, 0.6) is 5.75 Å². The van der Waals surface area contributed by atoms with Gasteiger partial charge in [0.1, 0.15) is 12.3 Å². The van der Waals surface area contributed by atoms with Crippen molar-refractivity contribution < 1.29 is 17.9 Å². The third kappa shape index (κ3) is 4.96. The minimum atomic E-state index is -3.97. The highest BCUT2D eigenvalue weighted by Gasteiger charge is 2.27. The Hall–Kier alpha value is -3.39. The number of carbonyl (C=O) groups is 1. The van der Waals surface area contributed by atoms with Crippen LogP contribution in [0.15, 0.2) is 78.0 Å². The molecule has 2 aromatic carbocycles. The number of nitrogens with zero attached hydrogens (tertiary/aromatic N) is 2. The molecule has 1 N–H and O–H groups in total. The molecule has 1 amide bonds. The number of hydrogen-bond donors (Lipinski definition) is 1. The normalized spacial score (nSPS) is 11.0. The standard InChI is InChI=1S/C22H23N3O4S/c1-17-14-20(8-9-21(17)29-2)30(27,28)25(19-6-4-3-5-7-19)16-22(26)24-15-18-10-12-23-13-11-18/h3-14H,15-16H2,1-2H3,(H,24,26). The first-order valence-electron chi connectivity index (χ1n) is 9.30. The molecule has 0 bridgehead atoms. The molecule has 0 aliphatic heterocycles. The lowest BCUT2D eigenvalue weighted by Crippen LogP contribution is -2.40. The highest BCUT2D eigenvalue weighted by atomic mass is 32.2. The van der Waals surface area contributed by atoms with E-state index < -0.39 is 15.9 Å². The van der Waals surface area contributed by atoms with Crippen molar-refractivity contribution in [2.75, 3.05) is 18.0 Å². The summed E-state index contributed by atoms with van der Waals surface area (Å²) < 4.78 is 33.1. The van der Waals surface area contributed by atoms with Crippen molar-refractivity contribution in [2.24, 2.45) is 0 Å². The molecule has 3 aromatic rings. The lowest BCUT2D eigenvalue weighted by atomic mass is 10.2. The van der Waals surface area contributed by atoms with Crippen LogP contribution in [0.3, 0.4) is 0 Å². The van der Waals surface area contributed by atoms with E-state index in [1.54, 1.807) is 73.9 Å². The molecular weight excluding hydrogens is 402 g/mol. The van der Waals surface area contributed by atoms with Crippen LogP contribution in [0.2, 0.25) is 0 Å². The average Bonchev–Trinajstić information content (AvgIpc) is 2.77. The number of para-hydroxylation sites is 1. The van der Waals surface area contributed by atoms with Crippen LogP contribution >= 0.6 is 0 Å². The van der Waals surface area contributed by atoms with Crippen molar-refractivity contribution in [3.8, 4) is 5.75 Å². The second-order valence-electron chi connectivity index (χ2n) is 6.61. The van der Waals surface area contributed by atoms with Gasteiger partial charge in [-0.1, -0.05) is 18.2 Å². The van der Waals surface area contributed by atoms with Crippen molar-refractivity contribution in [3.63, 3.8) is 0 Å². The van der Waals surface area contributed by atoms with Gasteiger partial charge >= 0.3 is 0 Å². The molecule has 7 nitrogen and oxygen atoms in total. The summed E-state index contributed by atoms with van der Waals surface area (Å²) >= 11 is 0. The first-order valence-corrected chi connectivity index (χ1v) is 10.7. The van der Waals surface area contributed by atoms with E-state index in [2.05, 4.69) is 10.3 Å². The maximum Gasteiger partial charge on any atom is 0.264 e. The number of nitrogens with one attached hydrogen (secondary N) is 1. The highest BCUT2D eigenvalue weighted by Crippen LogP contribution is 2.27. The predicted molar refractivity (Wildman–Crippen MR) is 115 cm³/mol. The Morgan fingerprint density at radius 2 is 1.77 bits per heavy atom. The Labute approximate surface area is 176 Å². The van der Waals surface area contributed by atoms with E-state index in [1.165, 1.54) is 13.2 Å². The summed E-state index contributed by atoms with van der Waals surface area (Å²) in [5, 5.41) is 2.76. The van der Waals surface area contributed by atoms with Gasteiger partial charge in [0.15, 0.2) is 0 Å². The lowest BCUT2D eigenvalue weighted by molar-refractivity contribution is -0.119. The van der Waals surface area contributed by atoms with Gasteiger partial charge < -0.3 is 10.1 Å². The molecule has 8 heteroatoms. The van der Waals surface area contributed by atoms with Crippen molar-refractivity contribution in [1.82, 2.24) is 10.3 Å². The summed E-state index contributed by atoms with van der Waals surface area (Å²) in [4.78, 5) is 16.6. The fraction of sp³-hybridized carbons (Fsp3) is 0.182. The Balaban J connectivity index is 1.87. The number of anilines is 1. The Morgan fingerprint density at radius 1 is 1.07 bits per heavy atom. The Bertz CT molecular complexity index is 1100. The van der Waals surface area contributed by atoms with Gasteiger partial charge in [0, 0.05) is 18.9 Å². The smallest absolute Gasteiger partial charge is 0.264 e. The van der Waals surface area contributed by atoms with E-state index in [1.807, 2.05) is 0 Å². The van der Waals surface area contributed by atoms with Gasteiger partial charge in [0.05, 0.1) is 17.7 Å². The Morgan fingerprint density at radius 3 is 2.40 bits per heavy atom. The third-order valence-electron chi connectivity index (χ3n) is 4.52. The number of pyridine rings is 1. The molecule has 0 atom stereocenters. The maximum atomic E-state index is 13.4. The van der Waals surface area contributed by atoms with Crippen molar-refractivity contribution >= 4 is 21.6 Å². The number of aromatic nitrogens is 1. The number of aryl methyl sites for hydroxylation is 1. The molecule has 0 saturated carbocycles. The van der Waals surface area contributed by atoms with E-state index in [0.717, 1.165) is 9.87 Å². The fourth-order valence-electron chi connectivity index (χ4n) is 2.94. The molecule has 0 radical (unpaired) electrons. The number of rotatable bonds is 8. The summed E-state index contributed by atoms with van der Waals surface area (Å²) in [6.45, 7) is 1.71. The van der Waals surface area contributed by atoms with Crippen LogP contribution in [0.1, 0.15) is 11.1 Å². The van der Waals surface area contributed by atoms with Gasteiger partial charge in [-0.25, -0.2) is 8.42 Å². The summed E-state index contributed by atoms with van der Waals surface area (Å²) in [6.07, 6.45) is 3.27. The van der Waals surface area contributed by atoms with Crippen LogP contribution in [-0.4, -0.2) is 33.0 Å². The van der Waals surface area contributed by atoms with Gasteiger partial charge in [-0.15, -0.1) is 0 Å². The zero-order chi connectivity index (χ0) is 21.6. The zero-order valence-electron chi connectivity index (χ0n) is 16.8. The van der Waals surface area contributed by atoms with Crippen LogP contribution in [0.4, 0.5) is 5.69 Å². The third-order valence-corrected chi connectivity index (χ3v) is 6.29. The number of benzene rings is 2. The van der Waals surface area contributed by atoms with Crippen LogP contribution < -0.4 is 14.4 Å². The number of sulfonamides is 1. The van der Waals surface area contributed by atoms with Crippen molar-refractivity contribution in [1.29, 1.82) is 0 Å². The SMILES string of the molecule is COc1ccc(S(=O)(=O)N(CC(=O)NCc2ccncc2)c2ccccc2)cc1C. The molecule has 30 heavy (non-hydrogen) atoms. The molecule has 1 heterocycles. The second-order valence-corrected chi connectivity index (χ2v) is 8.47. The summed E-state index contributed by atoms with van der Waals surface area (Å²) in [7, 11) is -2.44. The fourth-order valence-corrected chi connectivity index (χ4v) is 4.44. The van der Waals surface area contributed by atoms with Crippen LogP contribution in [-0.2, 0) is 21.4 Å². The largest absolute Gasteiger partial charge is 0.496 e. The van der Waals surface area contributed by atoms with Gasteiger partial charge in [-0.3, -0.25) is 14.1 Å². The Kier molecular flexibility index (Phi) is 6.68. The van der Waals surface area contributed by atoms with Crippen LogP contribution in [0, 0.1) is 6.92 Å². The number of ether oxygens (including phenoxy) is 1. The van der Waals surface area contributed by atoms with E-state index >= 15 is 0 Å². The predicted octanol–water partition coefficient (Wildman–Crippen LogP) is 2.91. The van der Waals surface area contributed by atoms with E-state index in [0.29, 0.717) is 17.0 Å². The van der Waals surface area contributed by atoms with E-state index in [9.17, 15) is 13.2 Å². The first-order chi connectivity index (χ1) is 14.4. The van der Waals surface area contributed by atoms with Gasteiger partial charge in [-0.2, -0.15) is 0 Å². The second kappa shape index (κ2) is 9.41. The topological polar surface area (TPSA) is 88.6 Å². The van der Waals surface area contributed by atoms with Gasteiger partial charge in [0.2, 0.25) is 5.91 Å². The zero-order valence-corrected chi connectivity index (χ0v) is 17.6. The minimum absolute atomic E-state index is 0.0894. The molecule has 1 aromatic heterocycles. The molecule has 156 valence electrons. The number of carbonyl (C=O) groups excluding carboxylic acids is 1. The molecule has 0 saturated heterocycles. The minimum Gasteiger partial charge on any atom is -0.496 e. The number of amides is 1. The number of hydrogen-bond acceptors (Lipinski definition) is 5. The monoisotopic (exact) mass is 425 g/mol. The first kappa shape index (κ1) is 21.3. The molecule has 0 aliphatic rings.